The van der Waals surface area contributed by atoms with E-state index < -0.39 is 17.5 Å². The number of para-hydroxylation sites is 1. The average Bonchev–Trinajstić information content (AvgIpc) is 3.15. The van der Waals surface area contributed by atoms with Gasteiger partial charge in [-0.15, -0.1) is 0 Å². The van der Waals surface area contributed by atoms with E-state index in [-0.39, 0.29) is 11.1 Å². The van der Waals surface area contributed by atoms with Gasteiger partial charge in [-0.2, -0.15) is 0 Å². The Morgan fingerprint density at radius 1 is 1.38 bits per heavy atom. The minimum absolute atomic E-state index is 0.0980. The zero-order valence-electron chi connectivity index (χ0n) is 12.9. The number of carbonyl (C=O) groups excluding carboxylic acids is 1. The Morgan fingerprint density at radius 2 is 2.00 bits per heavy atom. The topological polar surface area (TPSA) is 55.6 Å². The SMILES string of the molecule is CC(C)(C)OC(=O)N(CC1(CN)CC1)c1ccccc1F. The highest BCUT2D eigenvalue weighted by atomic mass is 19.1. The van der Waals surface area contributed by atoms with Crippen LogP contribution in [0.3, 0.4) is 0 Å². The van der Waals surface area contributed by atoms with E-state index in [1.807, 2.05) is 0 Å². The number of ether oxygens (including phenoxy) is 1. The average molecular weight is 294 g/mol. The van der Waals surface area contributed by atoms with Gasteiger partial charge in [0.05, 0.1) is 5.69 Å². The molecule has 21 heavy (non-hydrogen) atoms. The summed E-state index contributed by atoms with van der Waals surface area (Å²) in [4.78, 5) is 13.8. The van der Waals surface area contributed by atoms with Crippen molar-refractivity contribution < 1.29 is 13.9 Å². The van der Waals surface area contributed by atoms with Gasteiger partial charge in [-0.25, -0.2) is 9.18 Å². The Morgan fingerprint density at radius 3 is 2.48 bits per heavy atom. The number of carbonyl (C=O) groups is 1. The number of hydrogen-bond donors (Lipinski definition) is 1. The largest absolute Gasteiger partial charge is 0.443 e. The van der Waals surface area contributed by atoms with E-state index in [1.54, 1.807) is 39.0 Å². The lowest BCUT2D eigenvalue weighted by molar-refractivity contribution is 0.0572. The van der Waals surface area contributed by atoms with Crippen LogP contribution in [0.5, 0.6) is 0 Å². The number of rotatable bonds is 4. The molecule has 0 saturated heterocycles. The first-order valence-electron chi connectivity index (χ1n) is 7.21. The number of anilines is 1. The summed E-state index contributed by atoms with van der Waals surface area (Å²) in [7, 11) is 0. The van der Waals surface area contributed by atoms with Crippen LogP contribution in [0.2, 0.25) is 0 Å². The Hall–Kier alpha value is -1.62. The van der Waals surface area contributed by atoms with Crippen LogP contribution >= 0.6 is 0 Å². The van der Waals surface area contributed by atoms with Crippen molar-refractivity contribution in [2.24, 2.45) is 11.1 Å². The molecule has 0 aromatic heterocycles. The maximum Gasteiger partial charge on any atom is 0.414 e. The second kappa shape index (κ2) is 5.64. The lowest BCUT2D eigenvalue weighted by atomic mass is 10.1. The van der Waals surface area contributed by atoms with Gasteiger partial charge in [0.25, 0.3) is 0 Å². The first-order valence-corrected chi connectivity index (χ1v) is 7.21. The molecule has 0 heterocycles. The number of amides is 1. The monoisotopic (exact) mass is 294 g/mol. The highest BCUT2D eigenvalue weighted by Gasteiger charge is 2.44. The molecule has 0 radical (unpaired) electrons. The fraction of sp³-hybridized carbons (Fsp3) is 0.562. The third-order valence-corrected chi connectivity index (χ3v) is 3.64. The van der Waals surface area contributed by atoms with E-state index in [1.165, 1.54) is 11.0 Å². The molecular formula is C16H23FN2O2. The molecule has 116 valence electrons. The van der Waals surface area contributed by atoms with Crippen LogP contribution in [0.15, 0.2) is 24.3 Å². The van der Waals surface area contributed by atoms with Crippen molar-refractivity contribution in [2.75, 3.05) is 18.0 Å². The number of halogens is 1. The molecule has 1 aliphatic carbocycles. The lowest BCUT2D eigenvalue weighted by Gasteiger charge is -2.30. The summed E-state index contributed by atoms with van der Waals surface area (Å²) in [6, 6.07) is 6.24. The zero-order chi connectivity index (χ0) is 15.7. The Balaban J connectivity index is 2.26. The quantitative estimate of drug-likeness (QED) is 0.927. The Labute approximate surface area is 125 Å². The van der Waals surface area contributed by atoms with Crippen molar-refractivity contribution in [1.29, 1.82) is 0 Å². The van der Waals surface area contributed by atoms with E-state index in [0.717, 1.165) is 12.8 Å². The van der Waals surface area contributed by atoms with Crippen LogP contribution in [0.25, 0.3) is 0 Å². The number of hydrogen-bond acceptors (Lipinski definition) is 3. The van der Waals surface area contributed by atoms with E-state index in [2.05, 4.69) is 0 Å². The molecule has 0 atom stereocenters. The van der Waals surface area contributed by atoms with Gasteiger partial charge < -0.3 is 10.5 Å². The molecule has 5 heteroatoms. The Bertz CT molecular complexity index is 521. The van der Waals surface area contributed by atoms with Crippen LogP contribution in [0, 0.1) is 11.2 Å². The molecule has 1 aromatic carbocycles. The molecule has 4 nitrogen and oxygen atoms in total. The minimum atomic E-state index is -0.625. The second-order valence-corrected chi connectivity index (χ2v) is 6.72. The molecule has 0 spiro atoms. The number of nitrogens with zero attached hydrogens (tertiary/aromatic N) is 1. The van der Waals surface area contributed by atoms with Crippen molar-refractivity contribution in [3.05, 3.63) is 30.1 Å². The van der Waals surface area contributed by atoms with Crippen molar-refractivity contribution in [1.82, 2.24) is 0 Å². The summed E-state index contributed by atoms with van der Waals surface area (Å²) in [5.74, 6) is -0.434. The highest BCUT2D eigenvalue weighted by Crippen LogP contribution is 2.46. The van der Waals surface area contributed by atoms with E-state index in [0.29, 0.717) is 13.1 Å². The number of benzene rings is 1. The Kier molecular flexibility index (Phi) is 4.23. The summed E-state index contributed by atoms with van der Waals surface area (Å²) >= 11 is 0. The molecule has 1 fully saturated rings. The van der Waals surface area contributed by atoms with Gasteiger partial charge in [0, 0.05) is 12.0 Å². The molecule has 0 bridgehead atoms. The van der Waals surface area contributed by atoms with Gasteiger partial charge in [-0.1, -0.05) is 12.1 Å². The van der Waals surface area contributed by atoms with Gasteiger partial charge >= 0.3 is 6.09 Å². The van der Waals surface area contributed by atoms with Crippen molar-refractivity contribution in [3.63, 3.8) is 0 Å². The summed E-state index contributed by atoms with van der Waals surface area (Å²) in [5, 5.41) is 0. The third kappa shape index (κ3) is 3.94. The predicted molar refractivity (Wildman–Crippen MR) is 80.7 cm³/mol. The summed E-state index contributed by atoms with van der Waals surface area (Å²) in [6.07, 6.45) is 1.38. The fourth-order valence-corrected chi connectivity index (χ4v) is 2.17. The highest BCUT2D eigenvalue weighted by molar-refractivity contribution is 5.88. The van der Waals surface area contributed by atoms with Gasteiger partial charge in [-0.05, 0) is 52.3 Å². The third-order valence-electron chi connectivity index (χ3n) is 3.64. The van der Waals surface area contributed by atoms with Gasteiger partial charge in [0.15, 0.2) is 0 Å². The second-order valence-electron chi connectivity index (χ2n) is 6.72. The van der Waals surface area contributed by atoms with Crippen LogP contribution < -0.4 is 10.6 Å². The fourth-order valence-electron chi connectivity index (χ4n) is 2.17. The van der Waals surface area contributed by atoms with Crippen molar-refractivity contribution in [2.45, 2.75) is 39.2 Å². The van der Waals surface area contributed by atoms with Gasteiger partial charge in [0.1, 0.15) is 11.4 Å². The van der Waals surface area contributed by atoms with Crippen LogP contribution in [-0.2, 0) is 4.74 Å². The maximum absolute atomic E-state index is 14.1. The van der Waals surface area contributed by atoms with Gasteiger partial charge in [-0.3, -0.25) is 4.90 Å². The first kappa shape index (κ1) is 15.8. The number of nitrogens with two attached hydrogens (primary N) is 1. The predicted octanol–water partition coefficient (Wildman–Crippen LogP) is 3.31. The van der Waals surface area contributed by atoms with Crippen LogP contribution in [0.1, 0.15) is 33.6 Å². The van der Waals surface area contributed by atoms with Crippen molar-refractivity contribution in [3.8, 4) is 0 Å². The smallest absolute Gasteiger partial charge is 0.414 e. The normalized spacial score (nSPS) is 16.4. The first-order chi connectivity index (χ1) is 9.76. The molecule has 1 saturated carbocycles. The summed E-state index contributed by atoms with van der Waals surface area (Å²) in [5.41, 5.74) is 5.31. The molecule has 2 N–H and O–H groups in total. The molecule has 1 aliphatic rings. The summed E-state index contributed by atoms with van der Waals surface area (Å²) in [6.45, 7) is 6.25. The molecule has 1 aromatic rings. The lowest BCUT2D eigenvalue weighted by Crippen LogP contribution is -2.42. The minimum Gasteiger partial charge on any atom is -0.443 e. The molecule has 0 aliphatic heterocycles. The van der Waals surface area contributed by atoms with E-state index in [4.69, 9.17) is 10.5 Å². The van der Waals surface area contributed by atoms with Crippen LogP contribution in [-0.4, -0.2) is 24.8 Å². The van der Waals surface area contributed by atoms with E-state index in [9.17, 15) is 9.18 Å². The van der Waals surface area contributed by atoms with E-state index >= 15 is 0 Å². The van der Waals surface area contributed by atoms with Gasteiger partial charge in [0.2, 0.25) is 0 Å². The molecule has 1 amide bonds. The standard InChI is InChI=1S/C16H23FN2O2/c1-15(2,3)21-14(20)19(11-16(10-18)8-9-16)13-7-5-4-6-12(13)17/h4-7H,8-11,18H2,1-3H3. The molecule has 0 unspecified atom stereocenters. The molecule has 2 rings (SSSR count). The molecular weight excluding hydrogens is 271 g/mol. The van der Waals surface area contributed by atoms with Crippen LogP contribution in [0.4, 0.5) is 14.9 Å². The van der Waals surface area contributed by atoms with Crippen molar-refractivity contribution >= 4 is 11.8 Å². The zero-order valence-corrected chi connectivity index (χ0v) is 12.9. The maximum atomic E-state index is 14.1. The summed E-state index contributed by atoms with van der Waals surface area (Å²) < 4.78 is 19.5.